The lowest BCUT2D eigenvalue weighted by molar-refractivity contribution is 0.356. The Morgan fingerprint density at radius 1 is 1.45 bits per heavy atom. The molecule has 2 N–H and O–H groups in total. The van der Waals surface area contributed by atoms with Crippen LogP contribution in [0.4, 0.5) is 0 Å². The van der Waals surface area contributed by atoms with Crippen molar-refractivity contribution in [2.75, 3.05) is 19.6 Å². The lowest BCUT2D eigenvalue weighted by Crippen LogP contribution is -2.33. The van der Waals surface area contributed by atoms with Crippen molar-refractivity contribution in [2.45, 2.75) is 26.3 Å². The van der Waals surface area contributed by atoms with Crippen molar-refractivity contribution in [1.82, 2.24) is 15.2 Å². The lowest BCUT2D eigenvalue weighted by Gasteiger charge is -2.22. The van der Waals surface area contributed by atoms with E-state index >= 15 is 0 Å². The molecular formula is C17H27N3. The van der Waals surface area contributed by atoms with Gasteiger partial charge in [0.25, 0.3) is 0 Å². The lowest BCUT2D eigenvalue weighted by atomic mass is 9.98. The molecule has 0 unspecified atom stereocenters. The molecule has 110 valence electrons. The van der Waals surface area contributed by atoms with E-state index in [1.165, 1.54) is 42.8 Å². The van der Waals surface area contributed by atoms with Gasteiger partial charge in [0.2, 0.25) is 0 Å². The van der Waals surface area contributed by atoms with Gasteiger partial charge in [0.1, 0.15) is 0 Å². The molecule has 3 nitrogen and oxygen atoms in total. The molecule has 0 radical (unpaired) electrons. The Kier molecular flexibility index (Phi) is 5.62. The van der Waals surface area contributed by atoms with Crippen molar-refractivity contribution in [3.05, 3.63) is 41.7 Å². The highest BCUT2D eigenvalue weighted by Crippen LogP contribution is 2.18. The summed E-state index contributed by atoms with van der Waals surface area (Å²) < 4.78 is 2.20. The number of nitrogens with zero attached hydrogens (tertiary/aromatic N) is 1. The maximum Gasteiger partial charge on any atom is 0.0226 e. The fourth-order valence-corrected chi connectivity index (χ4v) is 2.85. The molecule has 0 saturated carbocycles. The number of allylic oxidation sites excluding steroid dienone is 2. The number of piperidine rings is 1. The first-order chi connectivity index (χ1) is 9.72. The van der Waals surface area contributed by atoms with Crippen molar-refractivity contribution in [3.63, 3.8) is 0 Å². The van der Waals surface area contributed by atoms with Crippen molar-refractivity contribution >= 4 is 6.08 Å². The molecule has 1 aromatic rings. The van der Waals surface area contributed by atoms with Crippen LogP contribution < -0.4 is 10.6 Å². The van der Waals surface area contributed by atoms with E-state index in [2.05, 4.69) is 48.0 Å². The van der Waals surface area contributed by atoms with Gasteiger partial charge in [-0.25, -0.2) is 0 Å². The monoisotopic (exact) mass is 273 g/mol. The van der Waals surface area contributed by atoms with Crippen molar-refractivity contribution < 1.29 is 0 Å². The Bertz CT molecular complexity index is 465. The van der Waals surface area contributed by atoms with E-state index in [9.17, 15) is 0 Å². The second-order valence-corrected chi connectivity index (χ2v) is 5.68. The number of aryl methyl sites for hydroxylation is 1. The van der Waals surface area contributed by atoms with Gasteiger partial charge < -0.3 is 15.2 Å². The maximum absolute atomic E-state index is 3.75. The average Bonchev–Trinajstić information content (AvgIpc) is 2.73. The summed E-state index contributed by atoms with van der Waals surface area (Å²) in [6.07, 6.45) is 10.8. The number of hydrogen-bond donors (Lipinski definition) is 2. The largest absolute Gasteiger partial charge is 0.354 e. The van der Waals surface area contributed by atoms with Crippen LogP contribution in [0, 0.1) is 12.8 Å². The van der Waals surface area contributed by atoms with E-state index in [4.69, 9.17) is 0 Å². The topological polar surface area (TPSA) is 29.0 Å². The van der Waals surface area contributed by atoms with Gasteiger partial charge in [0.15, 0.2) is 0 Å². The molecule has 0 aromatic carbocycles. The molecule has 1 saturated heterocycles. The third-order valence-corrected chi connectivity index (χ3v) is 4.22. The summed E-state index contributed by atoms with van der Waals surface area (Å²) in [6, 6.07) is 0. The first-order valence-electron chi connectivity index (χ1n) is 7.57. The average molecular weight is 273 g/mol. The minimum Gasteiger partial charge on any atom is -0.354 e. The van der Waals surface area contributed by atoms with E-state index < -0.39 is 0 Å². The summed E-state index contributed by atoms with van der Waals surface area (Å²) in [5.74, 6) is 0.827. The molecular weight excluding hydrogens is 246 g/mol. The smallest absolute Gasteiger partial charge is 0.0226 e. The normalized spacial score (nSPS) is 16.9. The Hall–Kier alpha value is -1.32. The van der Waals surface area contributed by atoms with Crippen LogP contribution in [-0.4, -0.2) is 24.2 Å². The van der Waals surface area contributed by atoms with Gasteiger partial charge in [-0.15, -0.1) is 0 Å². The van der Waals surface area contributed by atoms with Crippen LogP contribution in [0.1, 0.15) is 29.7 Å². The highest BCUT2D eigenvalue weighted by Gasteiger charge is 2.13. The molecule has 20 heavy (non-hydrogen) atoms. The molecule has 1 aliphatic rings. The molecule has 0 bridgehead atoms. The van der Waals surface area contributed by atoms with Gasteiger partial charge in [-0.1, -0.05) is 24.8 Å². The van der Waals surface area contributed by atoms with Crippen LogP contribution in [0.15, 0.2) is 24.9 Å². The van der Waals surface area contributed by atoms with Crippen molar-refractivity contribution in [2.24, 2.45) is 13.0 Å². The Morgan fingerprint density at radius 2 is 2.20 bits per heavy atom. The van der Waals surface area contributed by atoms with Gasteiger partial charge >= 0.3 is 0 Å². The predicted molar refractivity (Wildman–Crippen MR) is 86.7 cm³/mol. The van der Waals surface area contributed by atoms with Crippen LogP contribution in [0.3, 0.4) is 0 Å². The van der Waals surface area contributed by atoms with Gasteiger partial charge in [0, 0.05) is 25.5 Å². The SMILES string of the molecule is C=C/C=C\c1c(CNCC2CCNCC2)cn(C)c1C. The van der Waals surface area contributed by atoms with Gasteiger partial charge in [0.05, 0.1) is 0 Å². The van der Waals surface area contributed by atoms with Crippen LogP contribution in [0.25, 0.3) is 6.08 Å². The third-order valence-electron chi connectivity index (χ3n) is 4.22. The summed E-state index contributed by atoms with van der Waals surface area (Å²) >= 11 is 0. The number of hydrogen-bond acceptors (Lipinski definition) is 2. The number of rotatable bonds is 6. The molecule has 0 amide bonds. The number of aromatic nitrogens is 1. The van der Waals surface area contributed by atoms with E-state index in [1.54, 1.807) is 0 Å². The van der Waals surface area contributed by atoms with E-state index in [-0.39, 0.29) is 0 Å². The van der Waals surface area contributed by atoms with E-state index in [1.807, 2.05) is 12.2 Å². The molecule has 1 fully saturated rings. The molecule has 2 heterocycles. The minimum atomic E-state index is 0.827. The Morgan fingerprint density at radius 3 is 2.90 bits per heavy atom. The zero-order valence-electron chi connectivity index (χ0n) is 12.8. The Balaban J connectivity index is 1.92. The second kappa shape index (κ2) is 7.46. The molecule has 0 atom stereocenters. The van der Waals surface area contributed by atoms with Gasteiger partial charge in [-0.3, -0.25) is 0 Å². The van der Waals surface area contributed by atoms with E-state index in [0.717, 1.165) is 19.0 Å². The quantitative estimate of drug-likeness (QED) is 0.780. The zero-order valence-corrected chi connectivity index (χ0v) is 12.8. The van der Waals surface area contributed by atoms with Crippen LogP contribution in [0.2, 0.25) is 0 Å². The fourth-order valence-electron chi connectivity index (χ4n) is 2.85. The van der Waals surface area contributed by atoms with Gasteiger partial charge in [-0.05, 0) is 56.4 Å². The minimum absolute atomic E-state index is 0.827. The zero-order chi connectivity index (χ0) is 14.4. The maximum atomic E-state index is 3.75. The first-order valence-corrected chi connectivity index (χ1v) is 7.57. The molecule has 1 aliphatic heterocycles. The summed E-state index contributed by atoms with van der Waals surface area (Å²) in [4.78, 5) is 0. The molecule has 0 spiro atoms. The van der Waals surface area contributed by atoms with Crippen molar-refractivity contribution in [1.29, 1.82) is 0 Å². The number of nitrogens with one attached hydrogen (secondary N) is 2. The Labute approximate surface area is 122 Å². The van der Waals surface area contributed by atoms with Crippen LogP contribution >= 0.6 is 0 Å². The van der Waals surface area contributed by atoms with Crippen LogP contribution in [0.5, 0.6) is 0 Å². The second-order valence-electron chi connectivity index (χ2n) is 5.68. The molecule has 0 aliphatic carbocycles. The van der Waals surface area contributed by atoms with E-state index in [0.29, 0.717) is 0 Å². The predicted octanol–water partition coefficient (Wildman–Crippen LogP) is 2.62. The summed E-state index contributed by atoms with van der Waals surface area (Å²) in [6.45, 7) is 10.3. The summed E-state index contributed by atoms with van der Waals surface area (Å²) in [5, 5.41) is 7.04. The third kappa shape index (κ3) is 3.84. The fraction of sp³-hybridized carbons (Fsp3) is 0.529. The van der Waals surface area contributed by atoms with Crippen LogP contribution in [-0.2, 0) is 13.6 Å². The first kappa shape index (κ1) is 15.1. The highest BCUT2D eigenvalue weighted by molar-refractivity contribution is 5.58. The standard InChI is InChI=1S/C17H27N3/c1-4-5-6-17-14(2)20(3)13-16(17)12-19-11-15-7-9-18-10-8-15/h4-6,13,15,18-19H,1,7-12H2,2-3H3/b6-5-. The van der Waals surface area contributed by atoms with Gasteiger partial charge in [-0.2, -0.15) is 0 Å². The molecule has 1 aromatic heterocycles. The summed E-state index contributed by atoms with van der Waals surface area (Å²) in [7, 11) is 2.11. The summed E-state index contributed by atoms with van der Waals surface area (Å²) in [5.41, 5.74) is 4.00. The van der Waals surface area contributed by atoms with Crippen molar-refractivity contribution in [3.8, 4) is 0 Å². The molecule has 2 rings (SSSR count). The highest BCUT2D eigenvalue weighted by atomic mass is 14.9. The molecule has 3 heteroatoms.